The van der Waals surface area contributed by atoms with E-state index >= 15 is 0 Å². The second-order valence-electron chi connectivity index (χ2n) is 10.2. The topological polar surface area (TPSA) is 95.1 Å². The van der Waals surface area contributed by atoms with Gasteiger partial charge in [0.1, 0.15) is 6.10 Å². The number of imide groups is 1. The number of ether oxygens (including phenoxy) is 3. The number of alkyl halides is 2. The van der Waals surface area contributed by atoms with Crippen LogP contribution >= 0.6 is 31.9 Å². The van der Waals surface area contributed by atoms with Crippen LogP contribution in [0.3, 0.4) is 0 Å². The van der Waals surface area contributed by atoms with Crippen molar-refractivity contribution in [3.63, 3.8) is 0 Å². The van der Waals surface area contributed by atoms with Crippen LogP contribution in [0.25, 0.3) is 0 Å². The molecule has 0 spiro atoms. The van der Waals surface area contributed by atoms with Gasteiger partial charge in [-0.25, -0.2) is 4.79 Å². The van der Waals surface area contributed by atoms with Crippen LogP contribution in [0.15, 0.2) is 60.7 Å². The van der Waals surface area contributed by atoms with Gasteiger partial charge in [0.2, 0.25) is 3.23 Å². The van der Waals surface area contributed by atoms with Gasteiger partial charge in [-0.15, -0.1) is 0 Å². The average molecular weight is 656 g/mol. The lowest BCUT2D eigenvalue weighted by atomic mass is 10.2. The Labute approximate surface area is 235 Å². The van der Waals surface area contributed by atoms with E-state index in [0.29, 0.717) is 6.42 Å². The van der Waals surface area contributed by atoms with E-state index < -0.39 is 42.1 Å². The van der Waals surface area contributed by atoms with Gasteiger partial charge in [-0.05, 0) is 15.4 Å². The summed E-state index contributed by atoms with van der Waals surface area (Å²) in [4.78, 5) is 24.2. The third-order valence-corrected chi connectivity index (χ3v) is 13.3. The number of nitrogens with one attached hydrogen (secondary N) is 2. The molecule has 0 aromatic heterocycles. The second-order valence-corrected chi connectivity index (χ2v) is 18.0. The number of carbonyl (C=O) groups excluding carboxylic acids is 2. The molecule has 2 aromatic carbocycles. The minimum absolute atomic E-state index is 0.0694. The molecular formula is C26H32Br2N2O6Si. The average Bonchev–Trinajstić information content (AvgIpc) is 3.26. The maximum atomic E-state index is 12.3. The molecule has 0 radical (unpaired) electrons. The molecule has 2 fully saturated rings. The molecule has 4 atom stereocenters. The summed E-state index contributed by atoms with van der Waals surface area (Å²) in [5.41, 5.74) is 0. The fourth-order valence-corrected chi connectivity index (χ4v) is 10.3. The summed E-state index contributed by atoms with van der Waals surface area (Å²) in [6, 6.07) is 20.1. The van der Waals surface area contributed by atoms with Crippen LogP contribution < -0.4 is 21.0 Å². The molecule has 200 valence electrons. The lowest BCUT2D eigenvalue weighted by Crippen LogP contribution is -2.68. The van der Waals surface area contributed by atoms with Crippen molar-refractivity contribution in [2.24, 2.45) is 0 Å². The normalized spacial score (nSPS) is 26.0. The Morgan fingerprint density at radius 1 is 1.03 bits per heavy atom. The molecule has 2 aromatic rings. The maximum absolute atomic E-state index is 12.3. The summed E-state index contributed by atoms with van der Waals surface area (Å²) in [7, 11) is -1.26. The number of rotatable bonds is 8. The zero-order valence-electron chi connectivity index (χ0n) is 21.2. The van der Waals surface area contributed by atoms with Crippen molar-refractivity contribution < 1.29 is 28.2 Å². The highest BCUT2D eigenvalue weighted by Gasteiger charge is 2.54. The van der Waals surface area contributed by atoms with Crippen molar-refractivity contribution in [3.05, 3.63) is 60.7 Å². The quantitative estimate of drug-likeness (QED) is 0.335. The molecule has 2 aliphatic rings. The van der Waals surface area contributed by atoms with Crippen LogP contribution in [-0.4, -0.2) is 61.9 Å². The molecule has 3 amide bonds. The number of carbonyl (C=O) groups is 2. The van der Waals surface area contributed by atoms with E-state index in [1.54, 1.807) is 7.11 Å². The standard InChI is InChI=1S/C26H32Br2N2O6Si/c1-25(2,3)37(17-11-7-5-8-12-17,18-13-9-6-10-14-18)36-19-15-21(33-4)35-20(19)16-34-23-26(27,28)22(31)29-24(32)30-23/h5-14,19-21,23H,15-16H2,1-4H3,(H2,29,30,31,32)/t19-,20+,21?,23?/m0/s1. The van der Waals surface area contributed by atoms with Crippen LogP contribution in [0, 0.1) is 0 Å². The molecule has 4 rings (SSSR count). The molecule has 8 nitrogen and oxygen atoms in total. The van der Waals surface area contributed by atoms with Gasteiger partial charge in [-0.1, -0.05) is 113 Å². The number of amides is 3. The Bertz CT molecular complexity index is 1060. The SMILES string of the molecule is COC1C[C@H](O[Si](c2ccccc2)(c2ccccc2)C(C)(C)C)[C@@H](COC2NC(=O)NC(=O)C2(Br)Br)O1. The maximum Gasteiger partial charge on any atom is 0.323 e. The van der Waals surface area contributed by atoms with E-state index in [9.17, 15) is 9.59 Å². The van der Waals surface area contributed by atoms with Gasteiger partial charge in [0.25, 0.3) is 14.2 Å². The van der Waals surface area contributed by atoms with E-state index in [0.717, 1.165) is 10.4 Å². The summed E-state index contributed by atoms with van der Waals surface area (Å²) in [6.45, 7) is 6.72. The van der Waals surface area contributed by atoms with E-state index in [1.807, 2.05) is 36.4 Å². The lowest BCUT2D eigenvalue weighted by molar-refractivity contribution is -0.144. The predicted octanol–water partition coefficient (Wildman–Crippen LogP) is 3.36. The van der Waals surface area contributed by atoms with Gasteiger partial charge < -0.3 is 24.0 Å². The fourth-order valence-electron chi connectivity index (χ4n) is 4.91. The molecule has 2 N–H and O–H groups in total. The van der Waals surface area contributed by atoms with E-state index in [4.69, 9.17) is 18.6 Å². The molecule has 2 heterocycles. The molecule has 0 aliphatic carbocycles. The molecule has 2 saturated heterocycles. The Morgan fingerprint density at radius 2 is 1.59 bits per heavy atom. The highest BCUT2D eigenvalue weighted by atomic mass is 79.9. The summed E-state index contributed by atoms with van der Waals surface area (Å²) in [5, 5.41) is 6.92. The number of halogens is 2. The summed E-state index contributed by atoms with van der Waals surface area (Å²) in [5.74, 6) is -0.552. The van der Waals surface area contributed by atoms with E-state index in [2.05, 4.69) is 87.5 Å². The first-order valence-electron chi connectivity index (χ1n) is 12.1. The molecule has 0 bridgehead atoms. The van der Waals surface area contributed by atoms with Crippen molar-refractivity contribution in [2.45, 2.75) is 60.2 Å². The second kappa shape index (κ2) is 11.2. The summed E-state index contributed by atoms with van der Waals surface area (Å²) >= 11 is 6.63. The Morgan fingerprint density at radius 3 is 2.11 bits per heavy atom. The van der Waals surface area contributed by atoms with E-state index in [-0.39, 0.29) is 17.7 Å². The Balaban J connectivity index is 1.67. The van der Waals surface area contributed by atoms with Gasteiger partial charge in [0.05, 0.1) is 12.7 Å². The number of hydrogen-bond donors (Lipinski definition) is 2. The first-order chi connectivity index (χ1) is 17.5. The Kier molecular flexibility index (Phi) is 8.64. The first-order valence-corrected chi connectivity index (χ1v) is 15.6. The number of methoxy groups -OCH3 is 1. The van der Waals surface area contributed by atoms with Crippen LogP contribution in [-0.2, 0) is 23.4 Å². The third-order valence-electron chi connectivity index (χ3n) is 6.72. The summed E-state index contributed by atoms with van der Waals surface area (Å²) < 4.78 is 23.7. The van der Waals surface area contributed by atoms with Crippen LogP contribution in [0.1, 0.15) is 27.2 Å². The molecule has 2 aliphatic heterocycles. The van der Waals surface area contributed by atoms with Crippen LogP contribution in [0.5, 0.6) is 0 Å². The highest BCUT2D eigenvalue weighted by Crippen LogP contribution is 2.40. The molecular weight excluding hydrogens is 624 g/mol. The number of urea groups is 1. The van der Waals surface area contributed by atoms with Crippen molar-refractivity contribution in [3.8, 4) is 0 Å². The smallest absolute Gasteiger partial charge is 0.323 e. The Hall–Kier alpha value is -1.60. The number of benzene rings is 2. The largest absolute Gasteiger partial charge is 0.402 e. The first kappa shape index (κ1) is 28.4. The highest BCUT2D eigenvalue weighted by molar-refractivity contribution is 9.26. The van der Waals surface area contributed by atoms with Crippen molar-refractivity contribution >= 4 is 62.5 Å². The monoisotopic (exact) mass is 654 g/mol. The van der Waals surface area contributed by atoms with Gasteiger partial charge in [0, 0.05) is 13.5 Å². The molecule has 0 saturated carbocycles. The zero-order valence-corrected chi connectivity index (χ0v) is 25.4. The predicted molar refractivity (Wildman–Crippen MR) is 150 cm³/mol. The lowest BCUT2D eigenvalue weighted by Gasteiger charge is -2.45. The zero-order chi connectivity index (χ0) is 26.8. The van der Waals surface area contributed by atoms with Gasteiger partial charge in [-0.2, -0.15) is 0 Å². The summed E-state index contributed by atoms with van der Waals surface area (Å²) in [6.07, 6.45) is -1.78. The molecule has 37 heavy (non-hydrogen) atoms. The number of hydrogen-bond acceptors (Lipinski definition) is 6. The van der Waals surface area contributed by atoms with Gasteiger partial charge in [0.15, 0.2) is 12.5 Å². The minimum atomic E-state index is -2.86. The van der Waals surface area contributed by atoms with Crippen molar-refractivity contribution in [1.82, 2.24) is 10.6 Å². The van der Waals surface area contributed by atoms with Crippen LogP contribution in [0.2, 0.25) is 5.04 Å². The minimum Gasteiger partial charge on any atom is -0.402 e. The van der Waals surface area contributed by atoms with E-state index in [1.165, 1.54) is 0 Å². The van der Waals surface area contributed by atoms with Crippen molar-refractivity contribution in [2.75, 3.05) is 13.7 Å². The van der Waals surface area contributed by atoms with Crippen molar-refractivity contribution in [1.29, 1.82) is 0 Å². The van der Waals surface area contributed by atoms with Crippen LogP contribution in [0.4, 0.5) is 4.79 Å². The molecule has 11 heteroatoms. The fraction of sp³-hybridized carbons (Fsp3) is 0.462. The molecule has 2 unspecified atom stereocenters. The third kappa shape index (κ3) is 5.73. The van der Waals surface area contributed by atoms with Gasteiger partial charge in [-0.3, -0.25) is 10.1 Å². The van der Waals surface area contributed by atoms with Gasteiger partial charge >= 0.3 is 6.03 Å².